The summed E-state index contributed by atoms with van der Waals surface area (Å²) in [7, 11) is 0. The Morgan fingerprint density at radius 2 is 1.89 bits per heavy atom. The Bertz CT molecular complexity index is 741. The monoisotopic (exact) mass is 371 g/mol. The molecule has 1 aliphatic carbocycles. The van der Waals surface area contributed by atoms with E-state index in [1.165, 1.54) is 18.6 Å². The molecule has 1 saturated carbocycles. The Morgan fingerprint density at radius 3 is 2.52 bits per heavy atom. The maximum absolute atomic E-state index is 12.9. The Hall–Kier alpha value is -2.47. The van der Waals surface area contributed by atoms with Gasteiger partial charge in [-0.25, -0.2) is 9.37 Å². The van der Waals surface area contributed by atoms with E-state index < -0.39 is 0 Å². The number of ether oxygens (including phenoxy) is 1. The highest BCUT2D eigenvalue weighted by atomic mass is 19.1. The van der Waals surface area contributed by atoms with Gasteiger partial charge in [0.1, 0.15) is 11.6 Å². The second-order valence-electron chi connectivity index (χ2n) is 7.28. The number of carbonyl (C=O) groups excluding carboxylic acids is 1. The average Bonchev–Trinajstić information content (AvgIpc) is 2.70. The predicted molar refractivity (Wildman–Crippen MR) is 102 cm³/mol. The van der Waals surface area contributed by atoms with Gasteiger partial charge in [0.25, 0.3) is 0 Å². The molecule has 2 aromatic rings. The van der Waals surface area contributed by atoms with Crippen LogP contribution in [0.2, 0.25) is 0 Å². The number of nitrogens with two attached hydrogens (primary N) is 1. The van der Waals surface area contributed by atoms with Gasteiger partial charge in [-0.15, -0.1) is 0 Å². The lowest BCUT2D eigenvalue weighted by Crippen LogP contribution is -2.38. The van der Waals surface area contributed by atoms with E-state index in [1.807, 2.05) is 6.07 Å². The Kier molecular flexibility index (Phi) is 6.40. The summed E-state index contributed by atoms with van der Waals surface area (Å²) >= 11 is 0. The van der Waals surface area contributed by atoms with Crippen LogP contribution in [0.3, 0.4) is 0 Å². The van der Waals surface area contributed by atoms with Crippen LogP contribution < -0.4 is 15.8 Å². The molecule has 1 aromatic carbocycles. The molecule has 0 saturated heterocycles. The van der Waals surface area contributed by atoms with Crippen molar-refractivity contribution in [2.75, 3.05) is 6.54 Å². The normalized spacial score (nSPS) is 15.9. The average molecular weight is 371 g/mol. The zero-order chi connectivity index (χ0) is 19.1. The van der Waals surface area contributed by atoms with Gasteiger partial charge in [0.05, 0.1) is 0 Å². The largest absolute Gasteiger partial charge is 0.439 e. The van der Waals surface area contributed by atoms with Crippen LogP contribution in [0.4, 0.5) is 4.39 Å². The molecule has 1 amide bonds. The Morgan fingerprint density at radius 1 is 1.15 bits per heavy atom. The number of nitrogens with zero attached hydrogens (tertiary/aromatic N) is 1. The predicted octanol–water partition coefficient (Wildman–Crippen LogP) is 3.93. The Balaban J connectivity index is 1.49. The van der Waals surface area contributed by atoms with Crippen molar-refractivity contribution in [3.8, 4) is 11.6 Å². The number of rotatable bonds is 7. The number of pyridine rings is 1. The molecule has 144 valence electrons. The van der Waals surface area contributed by atoms with Crippen molar-refractivity contribution in [3.63, 3.8) is 0 Å². The van der Waals surface area contributed by atoms with E-state index in [4.69, 9.17) is 10.5 Å². The molecule has 5 nitrogen and oxygen atoms in total. The van der Waals surface area contributed by atoms with Crippen LogP contribution >= 0.6 is 0 Å². The molecular weight excluding hydrogens is 345 g/mol. The first-order valence-electron chi connectivity index (χ1n) is 9.44. The molecule has 0 atom stereocenters. The molecule has 27 heavy (non-hydrogen) atoms. The van der Waals surface area contributed by atoms with Crippen molar-refractivity contribution in [1.29, 1.82) is 0 Å². The van der Waals surface area contributed by atoms with Gasteiger partial charge in [-0.2, -0.15) is 0 Å². The lowest BCUT2D eigenvalue weighted by atomic mass is 9.71. The van der Waals surface area contributed by atoms with Crippen LogP contribution in [-0.2, 0) is 11.3 Å². The standard InChI is InChI=1S/C21H26FN3O2/c22-17-5-7-18(8-6-17)27-20-9-4-16(14-25-20)13-24-19(26)12-21(15-23)10-2-1-3-11-21/h4-9,14H,1-3,10-13,15,23H2,(H,24,26). The summed E-state index contributed by atoms with van der Waals surface area (Å²) in [6.07, 6.45) is 7.78. The molecule has 6 heteroatoms. The zero-order valence-electron chi connectivity index (χ0n) is 15.4. The van der Waals surface area contributed by atoms with E-state index in [2.05, 4.69) is 10.3 Å². The van der Waals surface area contributed by atoms with Crippen molar-refractivity contribution in [2.24, 2.45) is 11.1 Å². The number of carbonyl (C=O) groups is 1. The topological polar surface area (TPSA) is 77.2 Å². The minimum absolute atomic E-state index is 0.0343. The van der Waals surface area contributed by atoms with Gasteiger partial charge in [-0.3, -0.25) is 4.79 Å². The molecule has 0 aliphatic heterocycles. The molecule has 3 N–H and O–H groups in total. The first kappa shape index (κ1) is 19.3. The van der Waals surface area contributed by atoms with Crippen molar-refractivity contribution >= 4 is 5.91 Å². The molecule has 1 aliphatic rings. The SMILES string of the molecule is NCC1(CC(=O)NCc2ccc(Oc3ccc(F)cc3)nc2)CCCCC1. The fourth-order valence-corrected chi connectivity index (χ4v) is 3.56. The van der Waals surface area contributed by atoms with E-state index in [-0.39, 0.29) is 17.1 Å². The van der Waals surface area contributed by atoms with Crippen LogP contribution in [0.15, 0.2) is 42.6 Å². The lowest BCUT2D eigenvalue weighted by molar-refractivity contribution is -0.124. The highest BCUT2D eigenvalue weighted by Crippen LogP contribution is 2.38. The number of nitrogens with one attached hydrogen (secondary N) is 1. The summed E-state index contributed by atoms with van der Waals surface area (Å²) in [5.41, 5.74) is 6.81. The van der Waals surface area contributed by atoms with Gasteiger partial charge in [0.2, 0.25) is 11.8 Å². The van der Waals surface area contributed by atoms with Gasteiger partial charge >= 0.3 is 0 Å². The number of hydrogen-bond acceptors (Lipinski definition) is 4. The van der Waals surface area contributed by atoms with Crippen LogP contribution in [0.5, 0.6) is 11.6 Å². The first-order chi connectivity index (χ1) is 13.1. The van der Waals surface area contributed by atoms with Crippen LogP contribution in [0, 0.1) is 11.2 Å². The zero-order valence-corrected chi connectivity index (χ0v) is 15.4. The maximum Gasteiger partial charge on any atom is 0.220 e. The fraction of sp³-hybridized carbons (Fsp3) is 0.429. The van der Waals surface area contributed by atoms with Crippen molar-refractivity contribution in [2.45, 2.75) is 45.1 Å². The summed E-state index contributed by atoms with van der Waals surface area (Å²) in [6, 6.07) is 9.34. The number of amides is 1. The quantitative estimate of drug-likeness (QED) is 0.773. The van der Waals surface area contributed by atoms with Crippen LogP contribution in [-0.4, -0.2) is 17.4 Å². The molecule has 0 radical (unpaired) electrons. The van der Waals surface area contributed by atoms with Crippen LogP contribution in [0.1, 0.15) is 44.1 Å². The van der Waals surface area contributed by atoms with E-state index >= 15 is 0 Å². The minimum atomic E-state index is -0.314. The molecule has 1 heterocycles. The van der Waals surface area contributed by atoms with Gasteiger partial charge < -0.3 is 15.8 Å². The number of hydrogen-bond donors (Lipinski definition) is 2. The molecule has 3 rings (SSSR count). The third kappa shape index (κ3) is 5.50. The van der Waals surface area contributed by atoms with Gasteiger partial charge in [0, 0.05) is 25.2 Å². The van der Waals surface area contributed by atoms with Crippen LogP contribution in [0.25, 0.3) is 0 Å². The van der Waals surface area contributed by atoms with E-state index in [0.717, 1.165) is 31.2 Å². The summed E-state index contributed by atoms with van der Waals surface area (Å²) in [6.45, 7) is 0.987. The summed E-state index contributed by atoms with van der Waals surface area (Å²) in [5, 5.41) is 2.96. The highest BCUT2D eigenvalue weighted by molar-refractivity contribution is 5.76. The van der Waals surface area contributed by atoms with Crippen molar-refractivity contribution in [1.82, 2.24) is 10.3 Å². The fourth-order valence-electron chi connectivity index (χ4n) is 3.56. The minimum Gasteiger partial charge on any atom is -0.439 e. The second-order valence-corrected chi connectivity index (χ2v) is 7.28. The third-order valence-electron chi connectivity index (χ3n) is 5.21. The number of aromatic nitrogens is 1. The number of benzene rings is 1. The molecule has 1 aromatic heterocycles. The molecule has 1 fully saturated rings. The van der Waals surface area contributed by atoms with Crippen molar-refractivity contribution < 1.29 is 13.9 Å². The molecule has 0 unspecified atom stereocenters. The molecular formula is C21H26FN3O2. The first-order valence-corrected chi connectivity index (χ1v) is 9.44. The molecule has 0 spiro atoms. The number of halogens is 1. The van der Waals surface area contributed by atoms with E-state index in [1.54, 1.807) is 24.4 Å². The highest BCUT2D eigenvalue weighted by Gasteiger charge is 2.32. The lowest BCUT2D eigenvalue weighted by Gasteiger charge is -2.35. The summed E-state index contributed by atoms with van der Waals surface area (Å²) in [4.78, 5) is 16.6. The maximum atomic E-state index is 12.9. The van der Waals surface area contributed by atoms with E-state index in [0.29, 0.717) is 31.1 Å². The van der Waals surface area contributed by atoms with Gasteiger partial charge in [0.15, 0.2) is 0 Å². The summed E-state index contributed by atoms with van der Waals surface area (Å²) in [5.74, 6) is 0.658. The van der Waals surface area contributed by atoms with Gasteiger partial charge in [-0.05, 0) is 54.6 Å². The summed E-state index contributed by atoms with van der Waals surface area (Å²) < 4.78 is 18.5. The smallest absolute Gasteiger partial charge is 0.220 e. The van der Waals surface area contributed by atoms with E-state index in [9.17, 15) is 9.18 Å². The van der Waals surface area contributed by atoms with Gasteiger partial charge in [-0.1, -0.05) is 25.3 Å². The Labute approximate surface area is 159 Å². The molecule has 0 bridgehead atoms. The second kappa shape index (κ2) is 8.95. The third-order valence-corrected chi connectivity index (χ3v) is 5.21. The van der Waals surface area contributed by atoms with Crippen molar-refractivity contribution in [3.05, 3.63) is 54.0 Å².